The molecule has 1 aromatic heterocycles. The number of carbonyl (C=O) groups is 1. The number of aromatic nitrogens is 2. The Morgan fingerprint density at radius 3 is 1.92 bits per heavy atom. The molecule has 1 heterocycles. The van der Waals surface area contributed by atoms with E-state index >= 15 is 0 Å². The molecule has 0 saturated carbocycles. The number of hydrogen-bond acceptors (Lipinski definition) is 5. The Hall–Kier alpha value is -4.10. The molecule has 0 atom stereocenters. The number of nitrogens with zero attached hydrogens (tertiary/aromatic N) is 3. The van der Waals surface area contributed by atoms with Gasteiger partial charge in [-0.2, -0.15) is 5.10 Å². The van der Waals surface area contributed by atoms with E-state index in [0.29, 0.717) is 6.54 Å². The number of carbonyl (C=O) groups excluding carboxylic acids is 1. The third-order valence-corrected chi connectivity index (χ3v) is 6.14. The molecule has 3 aromatic carbocycles. The van der Waals surface area contributed by atoms with E-state index in [9.17, 15) is 4.79 Å². The smallest absolute Gasteiger partial charge is 0.238 e. The molecular formula is C29H32N4O3. The number of ether oxygens (including phenoxy) is 2. The van der Waals surface area contributed by atoms with Gasteiger partial charge in [-0.15, -0.1) is 0 Å². The maximum Gasteiger partial charge on any atom is 0.238 e. The third kappa shape index (κ3) is 5.75. The summed E-state index contributed by atoms with van der Waals surface area (Å²) in [6, 6.07) is 25.6. The van der Waals surface area contributed by atoms with Gasteiger partial charge in [0.15, 0.2) is 0 Å². The predicted octanol–water partition coefficient (Wildman–Crippen LogP) is 5.50. The van der Waals surface area contributed by atoms with Crippen molar-refractivity contribution in [2.45, 2.75) is 13.8 Å². The lowest BCUT2D eigenvalue weighted by molar-refractivity contribution is -0.117. The zero-order valence-corrected chi connectivity index (χ0v) is 21.2. The number of hydrogen-bond donors (Lipinski definition) is 1. The number of amides is 1. The molecular weight excluding hydrogens is 452 g/mol. The van der Waals surface area contributed by atoms with Crippen LogP contribution in [0.25, 0.3) is 28.2 Å². The Balaban J connectivity index is 1.65. The lowest BCUT2D eigenvalue weighted by Gasteiger charge is -2.17. The van der Waals surface area contributed by atoms with Gasteiger partial charge in [-0.3, -0.25) is 9.69 Å². The highest BCUT2D eigenvalue weighted by Crippen LogP contribution is 2.31. The van der Waals surface area contributed by atoms with Crippen molar-refractivity contribution in [2.24, 2.45) is 0 Å². The van der Waals surface area contributed by atoms with Gasteiger partial charge in [-0.25, -0.2) is 4.68 Å². The molecule has 7 nitrogen and oxygen atoms in total. The Kier molecular flexibility index (Phi) is 8.02. The average molecular weight is 485 g/mol. The van der Waals surface area contributed by atoms with Gasteiger partial charge in [0.25, 0.3) is 0 Å². The third-order valence-electron chi connectivity index (χ3n) is 6.14. The van der Waals surface area contributed by atoms with Crippen LogP contribution in [0.4, 0.5) is 5.69 Å². The SMILES string of the molecule is CCN(CC)CC(=O)Nc1ccc(-n2nc(-c3ccc(OC)cc3)cc2-c2ccc(OC)cc2)cc1. The van der Waals surface area contributed by atoms with Crippen LogP contribution in [-0.2, 0) is 4.79 Å². The quantitative estimate of drug-likeness (QED) is 0.322. The van der Waals surface area contributed by atoms with Gasteiger partial charge >= 0.3 is 0 Å². The first-order chi connectivity index (χ1) is 17.5. The number of likely N-dealkylation sites (N-methyl/N-ethyl adjacent to an activating group) is 1. The minimum Gasteiger partial charge on any atom is -0.497 e. The number of nitrogens with one attached hydrogen (secondary N) is 1. The van der Waals surface area contributed by atoms with E-state index in [1.807, 2.05) is 77.5 Å². The molecule has 0 spiro atoms. The maximum absolute atomic E-state index is 12.4. The van der Waals surface area contributed by atoms with Gasteiger partial charge in [-0.1, -0.05) is 13.8 Å². The van der Waals surface area contributed by atoms with E-state index in [0.717, 1.165) is 58.5 Å². The van der Waals surface area contributed by atoms with Crippen LogP contribution in [0.5, 0.6) is 11.5 Å². The van der Waals surface area contributed by atoms with Crippen molar-refractivity contribution in [3.8, 4) is 39.7 Å². The molecule has 4 rings (SSSR count). The zero-order valence-electron chi connectivity index (χ0n) is 21.2. The van der Waals surface area contributed by atoms with Crippen LogP contribution in [0.15, 0.2) is 78.9 Å². The number of methoxy groups -OCH3 is 2. The predicted molar refractivity (Wildman–Crippen MR) is 144 cm³/mol. The van der Waals surface area contributed by atoms with Crippen LogP contribution in [-0.4, -0.2) is 54.4 Å². The molecule has 36 heavy (non-hydrogen) atoms. The van der Waals surface area contributed by atoms with Crippen molar-refractivity contribution in [1.82, 2.24) is 14.7 Å². The van der Waals surface area contributed by atoms with Gasteiger partial charge in [0, 0.05) is 16.8 Å². The van der Waals surface area contributed by atoms with Gasteiger partial charge in [0.05, 0.1) is 37.8 Å². The second-order valence-electron chi connectivity index (χ2n) is 8.34. The van der Waals surface area contributed by atoms with E-state index in [-0.39, 0.29) is 5.91 Å². The first kappa shape index (κ1) is 25.0. The fourth-order valence-corrected chi connectivity index (χ4v) is 3.98. The summed E-state index contributed by atoms with van der Waals surface area (Å²) in [6.07, 6.45) is 0. The van der Waals surface area contributed by atoms with Crippen molar-refractivity contribution in [1.29, 1.82) is 0 Å². The summed E-state index contributed by atoms with van der Waals surface area (Å²) in [4.78, 5) is 14.5. The molecule has 0 aliphatic heterocycles. The normalized spacial score (nSPS) is 10.9. The van der Waals surface area contributed by atoms with Crippen LogP contribution in [0.2, 0.25) is 0 Å². The summed E-state index contributed by atoms with van der Waals surface area (Å²) in [5.41, 5.74) is 5.44. The summed E-state index contributed by atoms with van der Waals surface area (Å²) in [5, 5.41) is 7.91. The fourth-order valence-electron chi connectivity index (χ4n) is 3.98. The number of anilines is 1. The Bertz CT molecular complexity index is 1280. The maximum atomic E-state index is 12.4. The standard InChI is InChI=1S/C29H32N4O3/c1-5-32(6-2)20-29(34)30-23-11-13-24(14-12-23)33-28(22-9-17-26(36-4)18-10-22)19-27(31-33)21-7-15-25(35-3)16-8-21/h7-19H,5-6,20H2,1-4H3,(H,30,34). The molecule has 0 unspecified atom stereocenters. The van der Waals surface area contributed by atoms with Gasteiger partial charge in [0.1, 0.15) is 11.5 Å². The van der Waals surface area contributed by atoms with E-state index in [4.69, 9.17) is 14.6 Å². The van der Waals surface area contributed by atoms with Crippen molar-refractivity contribution in [2.75, 3.05) is 39.2 Å². The molecule has 0 radical (unpaired) electrons. The molecule has 186 valence electrons. The number of rotatable bonds is 10. The lowest BCUT2D eigenvalue weighted by atomic mass is 10.1. The first-order valence-electron chi connectivity index (χ1n) is 12.1. The van der Waals surface area contributed by atoms with Gasteiger partial charge in [-0.05, 0) is 92.0 Å². The molecule has 0 saturated heterocycles. The van der Waals surface area contributed by atoms with Crippen molar-refractivity contribution in [3.63, 3.8) is 0 Å². The highest BCUT2D eigenvalue weighted by Gasteiger charge is 2.14. The highest BCUT2D eigenvalue weighted by atomic mass is 16.5. The number of benzene rings is 3. The lowest BCUT2D eigenvalue weighted by Crippen LogP contribution is -2.32. The highest BCUT2D eigenvalue weighted by molar-refractivity contribution is 5.92. The molecule has 4 aromatic rings. The second kappa shape index (κ2) is 11.6. The topological polar surface area (TPSA) is 68.6 Å². The van der Waals surface area contributed by atoms with Crippen LogP contribution >= 0.6 is 0 Å². The van der Waals surface area contributed by atoms with Gasteiger partial charge in [0.2, 0.25) is 5.91 Å². The van der Waals surface area contributed by atoms with E-state index in [1.165, 1.54) is 0 Å². The minimum absolute atomic E-state index is 0.0220. The van der Waals surface area contributed by atoms with Crippen LogP contribution < -0.4 is 14.8 Å². The summed E-state index contributed by atoms with van der Waals surface area (Å²) in [6.45, 7) is 6.16. The summed E-state index contributed by atoms with van der Waals surface area (Å²) < 4.78 is 12.5. The Labute approximate surface area is 212 Å². The molecule has 0 aliphatic rings. The molecule has 0 bridgehead atoms. The summed E-state index contributed by atoms with van der Waals surface area (Å²) in [7, 11) is 3.31. The first-order valence-corrected chi connectivity index (χ1v) is 12.1. The molecule has 7 heteroatoms. The van der Waals surface area contributed by atoms with Gasteiger partial charge < -0.3 is 14.8 Å². The van der Waals surface area contributed by atoms with Crippen LogP contribution in [0.1, 0.15) is 13.8 Å². The second-order valence-corrected chi connectivity index (χ2v) is 8.34. The van der Waals surface area contributed by atoms with E-state index in [2.05, 4.69) is 30.1 Å². The largest absolute Gasteiger partial charge is 0.497 e. The fraction of sp³-hybridized carbons (Fsp3) is 0.241. The monoisotopic (exact) mass is 484 g/mol. The molecule has 1 N–H and O–H groups in total. The van der Waals surface area contributed by atoms with Crippen LogP contribution in [0.3, 0.4) is 0 Å². The summed E-state index contributed by atoms with van der Waals surface area (Å²) in [5.74, 6) is 1.57. The van der Waals surface area contributed by atoms with E-state index in [1.54, 1.807) is 14.2 Å². The van der Waals surface area contributed by atoms with Crippen molar-refractivity contribution < 1.29 is 14.3 Å². The minimum atomic E-state index is -0.0220. The van der Waals surface area contributed by atoms with Crippen LogP contribution in [0, 0.1) is 0 Å². The van der Waals surface area contributed by atoms with E-state index < -0.39 is 0 Å². The van der Waals surface area contributed by atoms with Crippen molar-refractivity contribution in [3.05, 3.63) is 78.9 Å². The molecule has 1 amide bonds. The molecule has 0 aliphatic carbocycles. The zero-order chi connectivity index (χ0) is 25.5. The Morgan fingerprint density at radius 2 is 1.39 bits per heavy atom. The summed E-state index contributed by atoms with van der Waals surface area (Å²) >= 11 is 0. The average Bonchev–Trinajstić information content (AvgIpc) is 3.37. The van der Waals surface area contributed by atoms with Crippen molar-refractivity contribution >= 4 is 11.6 Å². The Morgan fingerprint density at radius 1 is 0.833 bits per heavy atom. The molecule has 0 fully saturated rings.